The predicted octanol–water partition coefficient (Wildman–Crippen LogP) is 2.06. The van der Waals surface area contributed by atoms with E-state index in [-0.39, 0.29) is 11.9 Å². The van der Waals surface area contributed by atoms with Crippen molar-refractivity contribution in [3.63, 3.8) is 0 Å². The van der Waals surface area contributed by atoms with Gasteiger partial charge in [0, 0.05) is 5.69 Å². The number of nitrogen functional groups attached to an aromatic ring is 1. The molecule has 0 bridgehead atoms. The number of benzene rings is 1. The van der Waals surface area contributed by atoms with Gasteiger partial charge in [0.25, 0.3) is 5.91 Å². The fourth-order valence-corrected chi connectivity index (χ4v) is 2.70. The van der Waals surface area contributed by atoms with Gasteiger partial charge in [0.15, 0.2) is 0 Å². The molecule has 1 amide bonds. The third-order valence-corrected chi connectivity index (χ3v) is 4.20. The van der Waals surface area contributed by atoms with Crippen molar-refractivity contribution < 1.29 is 9.90 Å². The molecule has 98 valence electrons. The van der Waals surface area contributed by atoms with E-state index in [9.17, 15) is 9.90 Å². The van der Waals surface area contributed by atoms with Crippen LogP contribution in [0.2, 0.25) is 0 Å². The first kappa shape index (κ1) is 13.4. The highest BCUT2D eigenvalue weighted by molar-refractivity contribution is 9.10. The molecule has 0 radical (unpaired) electrons. The maximum absolute atomic E-state index is 12.1. The minimum Gasteiger partial charge on any atom is -0.398 e. The molecule has 2 atom stereocenters. The average molecular weight is 313 g/mol. The SMILES string of the molecule is Nc1cccc(C(=O)N[C@@H]2CCCC[C@H]2O)c1Br. The van der Waals surface area contributed by atoms with Crippen LogP contribution in [-0.4, -0.2) is 23.2 Å². The van der Waals surface area contributed by atoms with E-state index in [0.717, 1.165) is 25.7 Å². The van der Waals surface area contributed by atoms with Gasteiger partial charge in [-0.3, -0.25) is 4.79 Å². The molecule has 4 N–H and O–H groups in total. The number of nitrogens with one attached hydrogen (secondary N) is 1. The summed E-state index contributed by atoms with van der Waals surface area (Å²) in [5, 5.41) is 12.7. The lowest BCUT2D eigenvalue weighted by molar-refractivity contribution is 0.0717. The number of rotatable bonds is 2. The Hall–Kier alpha value is -1.07. The molecule has 0 unspecified atom stereocenters. The second-order valence-corrected chi connectivity index (χ2v) is 5.43. The Morgan fingerprint density at radius 3 is 2.83 bits per heavy atom. The summed E-state index contributed by atoms with van der Waals surface area (Å²) in [6.45, 7) is 0. The number of amides is 1. The van der Waals surface area contributed by atoms with E-state index < -0.39 is 6.10 Å². The number of aliphatic hydroxyl groups is 1. The maximum atomic E-state index is 12.1. The molecule has 0 aromatic heterocycles. The molecule has 1 aromatic carbocycles. The quantitative estimate of drug-likeness (QED) is 0.732. The lowest BCUT2D eigenvalue weighted by atomic mass is 9.92. The van der Waals surface area contributed by atoms with Gasteiger partial charge in [0.05, 0.1) is 22.2 Å². The monoisotopic (exact) mass is 312 g/mol. The van der Waals surface area contributed by atoms with Gasteiger partial charge in [-0.1, -0.05) is 18.9 Å². The summed E-state index contributed by atoms with van der Waals surface area (Å²) in [5.74, 6) is -0.194. The first-order chi connectivity index (χ1) is 8.59. The number of aliphatic hydroxyl groups excluding tert-OH is 1. The van der Waals surface area contributed by atoms with E-state index in [1.807, 2.05) is 0 Å². The van der Waals surface area contributed by atoms with E-state index in [2.05, 4.69) is 21.2 Å². The van der Waals surface area contributed by atoms with Gasteiger partial charge in [-0.2, -0.15) is 0 Å². The van der Waals surface area contributed by atoms with Gasteiger partial charge < -0.3 is 16.2 Å². The van der Waals surface area contributed by atoms with Crippen LogP contribution < -0.4 is 11.1 Å². The normalized spacial score (nSPS) is 23.7. The second-order valence-electron chi connectivity index (χ2n) is 4.64. The number of halogens is 1. The summed E-state index contributed by atoms with van der Waals surface area (Å²) >= 11 is 3.31. The summed E-state index contributed by atoms with van der Waals surface area (Å²) in [6.07, 6.45) is 3.20. The summed E-state index contributed by atoms with van der Waals surface area (Å²) in [5.41, 5.74) is 6.78. The Balaban J connectivity index is 2.09. The molecule has 0 saturated heterocycles. The lowest BCUT2D eigenvalue weighted by Gasteiger charge is -2.28. The lowest BCUT2D eigenvalue weighted by Crippen LogP contribution is -2.45. The third kappa shape index (κ3) is 2.84. The third-order valence-electron chi connectivity index (χ3n) is 3.32. The van der Waals surface area contributed by atoms with Crippen LogP contribution >= 0.6 is 15.9 Å². The number of carbonyl (C=O) groups excluding carboxylic acids is 1. The number of hydrogen-bond acceptors (Lipinski definition) is 3. The fourth-order valence-electron chi connectivity index (χ4n) is 2.25. The summed E-state index contributed by atoms with van der Waals surface area (Å²) in [6, 6.07) is 5.03. The van der Waals surface area contributed by atoms with Crippen LogP contribution in [0.15, 0.2) is 22.7 Å². The van der Waals surface area contributed by atoms with Gasteiger partial charge in [0.2, 0.25) is 0 Å². The Kier molecular flexibility index (Phi) is 4.24. The summed E-state index contributed by atoms with van der Waals surface area (Å²) in [7, 11) is 0. The predicted molar refractivity (Wildman–Crippen MR) is 74.3 cm³/mol. The van der Waals surface area contributed by atoms with Crippen LogP contribution in [0.25, 0.3) is 0 Å². The van der Waals surface area contributed by atoms with Crippen molar-refractivity contribution in [2.24, 2.45) is 0 Å². The number of hydrogen-bond donors (Lipinski definition) is 3. The Bertz CT molecular complexity index is 451. The molecule has 0 aliphatic heterocycles. The second kappa shape index (κ2) is 5.71. The van der Waals surface area contributed by atoms with Crippen molar-refractivity contribution in [1.29, 1.82) is 0 Å². The largest absolute Gasteiger partial charge is 0.398 e. The average Bonchev–Trinajstić information content (AvgIpc) is 2.35. The standard InChI is InChI=1S/C13H17BrN2O2/c14-12-8(4-3-5-9(12)15)13(18)16-10-6-1-2-7-11(10)17/h3-5,10-11,17H,1-2,6-7,15H2,(H,16,18)/t10-,11-/m1/s1. The molecule has 2 rings (SSSR count). The zero-order chi connectivity index (χ0) is 13.1. The highest BCUT2D eigenvalue weighted by Crippen LogP contribution is 2.24. The van der Waals surface area contributed by atoms with Gasteiger partial charge in [-0.25, -0.2) is 0 Å². The molecule has 1 saturated carbocycles. The van der Waals surface area contributed by atoms with Gasteiger partial charge in [-0.15, -0.1) is 0 Å². The molecule has 0 spiro atoms. The summed E-state index contributed by atoms with van der Waals surface area (Å²) in [4.78, 5) is 12.1. The first-order valence-corrected chi connectivity index (χ1v) is 6.92. The van der Waals surface area contributed by atoms with Crippen molar-refractivity contribution in [3.05, 3.63) is 28.2 Å². The van der Waals surface area contributed by atoms with Crippen molar-refractivity contribution in [2.75, 3.05) is 5.73 Å². The number of nitrogens with two attached hydrogens (primary N) is 1. The molecule has 1 aliphatic rings. The van der Waals surface area contributed by atoms with E-state index in [4.69, 9.17) is 5.73 Å². The van der Waals surface area contributed by atoms with Crippen LogP contribution in [0.4, 0.5) is 5.69 Å². The van der Waals surface area contributed by atoms with Crippen molar-refractivity contribution in [2.45, 2.75) is 37.8 Å². The van der Waals surface area contributed by atoms with Crippen LogP contribution in [0.1, 0.15) is 36.0 Å². The topological polar surface area (TPSA) is 75.4 Å². The smallest absolute Gasteiger partial charge is 0.252 e. The molecule has 5 heteroatoms. The Labute approximate surface area is 115 Å². The number of carbonyl (C=O) groups is 1. The van der Waals surface area contributed by atoms with Crippen molar-refractivity contribution in [1.82, 2.24) is 5.32 Å². The van der Waals surface area contributed by atoms with Crippen LogP contribution in [0.3, 0.4) is 0 Å². The molecular formula is C13H17BrN2O2. The molecule has 1 fully saturated rings. The molecule has 1 aliphatic carbocycles. The van der Waals surface area contributed by atoms with E-state index in [1.165, 1.54) is 0 Å². The zero-order valence-electron chi connectivity index (χ0n) is 10.0. The minimum absolute atomic E-state index is 0.153. The fraction of sp³-hybridized carbons (Fsp3) is 0.462. The van der Waals surface area contributed by atoms with Gasteiger partial charge in [-0.05, 0) is 40.9 Å². The maximum Gasteiger partial charge on any atom is 0.252 e. The molecule has 1 aromatic rings. The number of anilines is 1. The summed E-state index contributed by atoms with van der Waals surface area (Å²) < 4.78 is 0.604. The first-order valence-electron chi connectivity index (χ1n) is 6.12. The zero-order valence-corrected chi connectivity index (χ0v) is 11.6. The van der Waals surface area contributed by atoms with Gasteiger partial charge >= 0.3 is 0 Å². The van der Waals surface area contributed by atoms with Crippen molar-refractivity contribution >= 4 is 27.5 Å². The highest BCUT2D eigenvalue weighted by Gasteiger charge is 2.25. The molecular weight excluding hydrogens is 296 g/mol. The highest BCUT2D eigenvalue weighted by atomic mass is 79.9. The molecule has 18 heavy (non-hydrogen) atoms. The van der Waals surface area contributed by atoms with Crippen LogP contribution in [-0.2, 0) is 0 Å². The Morgan fingerprint density at radius 1 is 1.39 bits per heavy atom. The Morgan fingerprint density at radius 2 is 2.11 bits per heavy atom. The molecule has 0 heterocycles. The van der Waals surface area contributed by atoms with Crippen LogP contribution in [0.5, 0.6) is 0 Å². The van der Waals surface area contributed by atoms with Gasteiger partial charge in [0.1, 0.15) is 0 Å². The molecule has 4 nitrogen and oxygen atoms in total. The van der Waals surface area contributed by atoms with Crippen molar-refractivity contribution in [3.8, 4) is 0 Å². The van der Waals surface area contributed by atoms with Crippen LogP contribution in [0, 0.1) is 0 Å². The van der Waals surface area contributed by atoms with E-state index >= 15 is 0 Å². The minimum atomic E-state index is -0.442. The van der Waals surface area contributed by atoms with E-state index in [0.29, 0.717) is 15.7 Å². The van der Waals surface area contributed by atoms with E-state index in [1.54, 1.807) is 18.2 Å².